The number of hydrogen-bond acceptors (Lipinski definition) is 4. The summed E-state index contributed by atoms with van der Waals surface area (Å²) in [5.74, 6) is 0.354. The van der Waals surface area contributed by atoms with Crippen LogP contribution in [0.25, 0.3) is 0 Å². The highest BCUT2D eigenvalue weighted by molar-refractivity contribution is 5.97. The molecule has 148 valence electrons. The maximum absolute atomic E-state index is 12.5. The first-order valence-corrected chi connectivity index (χ1v) is 9.65. The van der Waals surface area contributed by atoms with Crippen molar-refractivity contribution in [1.29, 1.82) is 0 Å². The van der Waals surface area contributed by atoms with Crippen molar-refractivity contribution in [3.63, 3.8) is 0 Å². The number of aromatic hydroxyl groups is 1. The van der Waals surface area contributed by atoms with Gasteiger partial charge in [0, 0.05) is 26.2 Å². The maximum Gasteiger partial charge on any atom is 0.260 e. The summed E-state index contributed by atoms with van der Waals surface area (Å²) in [6.45, 7) is 3.91. The molecule has 1 fully saturated rings. The number of phenols is 1. The van der Waals surface area contributed by atoms with Gasteiger partial charge in [0.2, 0.25) is 0 Å². The average molecular weight is 382 g/mol. The first kappa shape index (κ1) is 19.7. The van der Waals surface area contributed by atoms with Crippen LogP contribution in [-0.2, 0) is 11.2 Å². The van der Waals surface area contributed by atoms with Crippen LogP contribution in [0.1, 0.15) is 29.3 Å². The standard InChI is InChI=1S/C22H26N2O4/c1-2-5-17-8-10-18(11-9-17)28-16-21(26)23-12-14-24(15-13-23)22(27)19-6-3-4-7-20(19)25/h3-4,6-11,25H,2,5,12-16H2,1H3. The first-order chi connectivity index (χ1) is 13.6. The van der Waals surface area contributed by atoms with Gasteiger partial charge in [-0.25, -0.2) is 0 Å². The van der Waals surface area contributed by atoms with E-state index in [0.29, 0.717) is 31.9 Å². The molecule has 2 aromatic rings. The van der Waals surface area contributed by atoms with Gasteiger partial charge in [-0.1, -0.05) is 37.6 Å². The van der Waals surface area contributed by atoms with Crippen molar-refractivity contribution in [2.45, 2.75) is 19.8 Å². The lowest BCUT2D eigenvalue weighted by atomic mass is 10.1. The smallest absolute Gasteiger partial charge is 0.260 e. The Balaban J connectivity index is 1.47. The fraction of sp³-hybridized carbons (Fsp3) is 0.364. The largest absolute Gasteiger partial charge is 0.507 e. The van der Waals surface area contributed by atoms with Crippen LogP contribution in [0, 0.1) is 0 Å². The normalized spacial score (nSPS) is 14.0. The number of amides is 2. The molecule has 6 nitrogen and oxygen atoms in total. The fourth-order valence-electron chi connectivity index (χ4n) is 3.26. The minimum absolute atomic E-state index is 0.0133. The van der Waals surface area contributed by atoms with Crippen LogP contribution in [-0.4, -0.2) is 59.5 Å². The van der Waals surface area contributed by atoms with Gasteiger partial charge >= 0.3 is 0 Å². The molecule has 1 aliphatic rings. The van der Waals surface area contributed by atoms with Crippen LogP contribution in [0.5, 0.6) is 11.5 Å². The van der Waals surface area contributed by atoms with E-state index in [-0.39, 0.29) is 29.7 Å². The third-order valence-corrected chi connectivity index (χ3v) is 4.88. The van der Waals surface area contributed by atoms with Gasteiger partial charge in [-0.3, -0.25) is 9.59 Å². The number of phenolic OH excluding ortho intramolecular Hbond substituents is 1. The molecule has 0 bridgehead atoms. The van der Waals surface area contributed by atoms with Gasteiger partial charge < -0.3 is 19.6 Å². The second kappa shape index (κ2) is 9.26. The van der Waals surface area contributed by atoms with Crippen molar-refractivity contribution in [1.82, 2.24) is 9.80 Å². The zero-order valence-electron chi connectivity index (χ0n) is 16.1. The van der Waals surface area contributed by atoms with E-state index in [1.165, 1.54) is 11.6 Å². The predicted octanol–water partition coefficient (Wildman–Crippen LogP) is 2.71. The molecule has 0 saturated carbocycles. The molecule has 1 saturated heterocycles. The molecule has 28 heavy (non-hydrogen) atoms. The van der Waals surface area contributed by atoms with E-state index >= 15 is 0 Å². The van der Waals surface area contributed by atoms with Crippen molar-refractivity contribution < 1.29 is 19.4 Å². The minimum atomic E-state index is -0.214. The Kier molecular flexibility index (Phi) is 6.53. The van der Waals surface area contributed by atoms with Gasteiger partial charge in [0.05, 0.1) is 5.56 Å². The maximum atomic E-state index is 12.5. The first-order valence-electron chi connectivity index (χ1n) is 9.65. The molecule has 0 radical (unpaired) electrons. The fourth-order valence-corrected chi connectivity index (χ4v) is 3.26. The Morgan fingerprint density at radius 3 is 2.25 bits per heavy atom. The van der Waals surface area contributed by atoms with Gasteiger partial charge in [-0.2, -0.15) is 0 Å². The number of aryl methyl sites for hydroxylation is 1. The molecule has 0 spiro atoms. The Labute approximate surface area is 165 Å². The van der Waals surface area contributed by atoms with Crippen LogP contribution in [0.4, 0.5) is 0 Å². The number of carbonyl (C=O) groups is 2. The summed E-state index contributed by atoms with van der Waals surface area (Å²) >= 11 is 0. The van der Waals surface area contributed by atoms with Crippen molar-refractivity contribution in [2.75, 3.05) is 32.8 Å². The van der Waals surface area contributed by atoms with Gasteiger partial charge in [-0.15, -0.1) is 0 Å². The molecule has 1 N–H and O–H groups in total. The van der Waals surface area contributed by atoms with Gasteiger partial charge in [0.25, 0.3) is 11.8 Å². The number of carbonyl (C=O) groups excluding carboxylic acids is 2. The number of rotatable bonds is 6. The van der Waals surface area contributed by atoms with Crippen LogP contribution in [0.3, 0.4) is 0 Å². The van der Waals surface area contributed by atoms with E-state index < -0.39 is 0 Å². The van der Waals surface area contributed by atoms with E-state index in [4.69, 9.17) is 4.74 Å². The van der Waals surface area contributed by atoms with Gasteiger partial charge in [0.1, 0.15) is 11.5 Å². The van der Waals surface area contributed by atoms with Crippen molar-refractivity contribution in [3.8, 4) is 11.5 Å². The lowest BCUT2D eigenvalue weighted by Crippen LogP contribution is -2.51. The third kappa shape index (κ3) is 4.82. The number of hydrogen-bond donors (Lipinski definition) is 1. The lowest BCUT2D eigenvalue weighted by Gasteiger charge is -2.34. The zero-order chi connectivity index (χ0) is 19.9. The predicted molar refractivity (Wildman–Crippen MR) is 107 cm³/mol. The van der Waals surface area contributed by atoms with Crippen LogP contribution in [0.15, 0.2) is 48.5 Å². The molecular formula is C22H26N2O4. The summed E-state index contributed by atoms with van der Waals surface area (Å²) in [5.41, 5.74) is 1.54. The highest BCUT2D eigenvalue weighted by Crippen LogP contribution is 2.19. The highest BCUT2D eigenvalue weighted by atomic mass is 16.5. The molecule has 3 rings (SSSR count). The summed E-state index contributed by atoms with van der Waals surface area (Å²) < 4.78 is 5.61. The molecule has 2 amide bonds. The summed E-state index contributed by atoms with van der Waals surface area (Å²) in [6, 6.07) is 14.3. The summed E-state index contributed by atoms with van der Waals surface area (Å²) in [4.78, 5) is 28.3. The SMILES string of the molecule is CCCc1ccc(OCC(=O)N2CCN(C(=O)c3ccccc3O)CC2)cc1. The number of piperazine rings is 1. The lowest BCUT2D eigenvalue weighted by molar-refractivity contribution is -0.134. The topological polar surface area (TPSA) is 70.1 Å². The molecule has 0 unspecified atom stereocenters. The number of ether oxygens (including phenoxy) is 1. The molecule has 0 atom stereocenters. The summed E-state index contributed by atoms with van der Waals surface area (Å²) in [6.07, 6.45) is 2.13. The van der Waals surface area contributed by atoms with E-state index in [2.05, 4.69) is 6.92 Å². The van der Waals surface area contributed by atoms with Crippen molar-refractivity contribution in [3.05, 3.63) is 59.7 Å². The molecule has 0 aromatic heterocycles. The molecule has 6 heteroatoms. The second-order valence-electron chi connectivity index (χ2n) is 6.87. The third-order valence-electron chi connectivity index (χ3n) is 4.88. The Morgan fingerprint density at radius 1 is 0.964 bits per heavy atom. The molecule has 0 aliphatic carbocycles. The minimum Gasteiger partial charge on any atom is -0.507 e. The number of benzene rings is 2. The van der Waals surface area contributed by atoms with Gasteiger partial charge in [-0.05, 0) is 36.2 Å². The molecular weight excluding hydrogens is 356 g/mol. The molecule has 2 aromatic carbocycles. The van der Waals surface area contributed by atoms with Crippen LogP contribution in [0.2, 0.25) is 0 Å². The number of para-hydroxylation sites is 1. The zero-order valence-corrected chi connectivity index (χ0v) is 16.1. The van der Waals surface area contributed by atoms with E-state index in [9.17, 15) is 14.7 Å². The number of nitrogens with zero attached hydrogens (tertiary/aromatic N) is 2. The Hall–Kier alpha value is -3.02. The Bertz CT molecular complexity index is 812. The quantitative estimate of drug-likeness (QED) is 0.834. The monoisotopic (exact) mass is 382 g/mol. The van der Waals surface area contributed by atoms with Crippen molar-refractivity contribution in [2.24, 2.45) is 0 Å². The average Bonchev–Trinajstić information content (AvgIpc) is 2.73. The Morgan fingerprint density at radius 2 is 1.61 bits per heavy atom. The highest BCUT2D eigenvalue weighted by Gasteiger charge is 2.26. The van der Waals surface area contributed by atoms with E-state index in [1.54, 1.807) is 28.0 Å². The van der Waals surface area contributed by atoms with Crippen LogP contribution >= 0.6 is 0 Å². The van der Waals surface area contributed by atoms with Crippen LogP contribution < -0.4 is 4.74 Å². The molecule has 1 aliphatic heterocycles. The van der Waals surface area contributed by atoms with E-state index in [1.807, 2.05) is 24.3 Å². The molecule has 1 heterocycles. The second-order valence-corrected chi connectivity index (χ2v) is 6.87. The van der Waals surface area contributed by atoms with Crippen molar-refractivity contribution >= 4 is 11.8 Å². The van der Waals surface area contributed by atoms with Gasteiger partial charge in [0.15, 0.2) is 6.61 Å². The van der Waals surface area contributed by atoms with E-state index in [0.717, 1.165) is 12.8 Å². The summed E-state index contributed by atoms with van der Waals surface area (Å²) in [5, 5.41) is 9.85. The summed E-state index contributed by atoms with van der Waals surface area (Å²) in [7, 11) is 0.